The van der Waals surface area contributed by atoms with Gasteiger partial charge in [0.05, 0.1) is 16.8 Å². The van der Waals surface area contributed by atoms with Crippen molar-refractivity contribution in [2.45, 2.75) is 19.9 Å². The van der Waals surface area contributed by atoms with Crippen molar-refractivity contribution in [2.75, 3.05) is 36.2 Å². The Kier molecular flexibility index (Phi) is 7.51. The van der Waals surface area contributed by atoms with Crippen molar-refractivity contribution >= 4 is 60.5 Å². The summed E-state index contributed by atoms with van der Waals surface area (Å²) in [7, 11) is -4.00. The summed E-state index contributed by atoms with van der Waals surface area (Å²) in [6, 6.07) is 12.7. The number of ether oxygens (including phenoxy) is 1. The number of para-hydroxylation sites is 1. The molecule has 1 aliphatic heterocycles. The number of sulfone groups is 1. The fourth-order valence-corrected chi connectivity index (χ4v) is 6.31. The molecule has 180 valence electrons. The maximum atomic E-state index is 12.7. The Bertz CT molecular complexity index is 1410. The topological polar surface area (TPSA) is 98.0 Å². The smallest absolute Gasteiger partial charge is 0.263 e. The maximum absolute atomic E-state index is 12.7. The first kappa shape index (κ1) is 24.6. The van der Waals surface area contributed by atoms with E-state index in [0.29, 0.717) is 42.5 Å². The van der Waals surface area contributed by atoms with Gasteiger partial charge in [-0.2, -0.15) is 4.99 Å². The first-order chi connectivity index (χ1) is 16.3. The summed E-state index contributed by atoms with van der Waals surface area (Å²) in [5, 5.41) is 0.549. The third kappa shape index (κ3) is 5.57. The molecular formula is C23H24ClN3O5S2. The van der Waals surface area contributed by atoms with E-state index in [4.69, 9.17) is 16.3 Å². The van der Waals surface area contributed by atoms with Gasteiger partial charge >= 0.3 is 0 Å². The number of carbonyl (C=O) groups excluding carboxylic acids is 2. The molecule has 1 aliphatic rings. The van der Waals surface area contributed by atoms with E-state index >= 15 is 0 Å². The summed E-state index contributed by atoms with van der Waals surface area (Å²) in [6.07, 6.45) is 0.675. The lowest BCUT2D eigenvalue weighted by molar-refractivity contribution is -0.116. The van der Waals surface area contributed by atoms with Gasteiger partial charge in [-0.1, -0.05) is 41.1 Å². The fourth-order valence-electron chi connectivity index (χ4n) is 3.89. The van der Waals surface area contributed by atoms with E-state index in [2.05, 4.69) is 4.99 Å². The first-order valence-corrected chi connectivity index (χ1v) is 13.8. The van der Waals surface area contributed by atoms with Crippen molar-refractivity contribution in [1.82, 2.24) is 4.57 Å². The number of benzene rings is 2. The molecule has 4 rings (SSSR count). The minimum atomic E-state index is -4.00. The van der Waals surface area contributed by atoms with Crippen LogP contribution in [0.3, 0.4) is 0 Å². The van der Waals surface area contributed by atoms with Gasteiger partial charge in [-0.05, 0) is 43.2 Å². The van der Waals surface area contributed by atoms with Crippen LogP contribution in [0.15, 0.2) is 47.5 Å². The van der Waals surface area contributed by atoms with E-state index in [-0.39, 0.29) is 0 Å². The maximum Gasteiger partial charge on any atom is 0.263 e. The van der Waals surface area contributed by atoms with Gasteiger partial charge in [0.2, 0.25) is 5.91 Å². The fraction of sp³-hybridized carbons (Fsp3) is 0.348. The van der Waals surface area contributed by atoms with Gasteiger partial charge in [0.15, 0.2) is 14.6 Å². The Balaban J connectivity index is 1.52. The van der Waals surface area contributed by atoms with E-state index < -0.39 is 33.2 Å². The molecule has 1 aromatic heterocycles. The Hall–Kier alpha value is -2.53. The van der Waals surface area contributed by atoms with E-state index in [9.17, 15) is 18.0 Å². The normalized spacial score (nSPS) is 14.1. The second kappa shape index (κ2) is 10.4. The van der Waals surface area contributed by atoms with Crippen molar-refractivity contribution in [1.29, 1.82) is 0 Å². The molecule has 2 heterocycles. The zero-order chi connectivity index (χ0) is 24.3. The van der Waals surface area contributed by atoms with E-state index in [1.54, 1.807) is 24.3 Å². The Morgan fingerprint density at radius 3 is 2.76 bits per heavy atom. The molecule has 0 saturated carbocycles. The second-order valence-electron chi connectivity index (χ2n) is 7.81. The molecule has 0 atom stereocenters. The van der Waals surface area contributed by atoms with Gasteiger partial charge in [-0.3, -0.25) is 9.59 Å². The van der Waals surface area contributed by atoms with Crippen LogP contribution in [-0.2, 0) is 37.1 Å². The molecule has 0 fully saturated rings. The van der Waals surface area contributed by atoms with Crippen LogP contribution in [0, 0.1) is 0 Å². The number of thiazole rings is 1. The number of amides is 2. The minimum absolute atomic E-state index is 0.358. The lowest BCUT2D eigenvalue weighted by Gasteiger charge is -2.17. The number of fused-ring (bicyclic) bond motifs is 2. The van der Waals surface area contributed by atoms with Crippen LogP contribution in [0.4, 0.5) is 5.69 Å². The molecule has 0 saturated heterocycles. The minimum Gasteiger partial charge on any atom is -0.380 e. The zero-order valence-corrected chi connectivity index (χ0v) is 21.0. The molecular weight excluding hydrogens is 498 g/mol. The third-order valence-corrected chi connectivity index (χ3v) is 8.05. The van der Waals surface area contributed by atoms with Gasteiger partial charge in [0.25, 0.3) is 5.91 Å². The number of aromatic nitrogens is 1. The number of hydrogen-bond acceptors (Lipinski definition) is 6. The molecule has 2 amide bonds. The Labute approximate surface area is 206 Å². The van der Waals surface area contributed by atoms with Crippen LogP contribution >= 0.6 is 22.9 Å². The number of anilines is 1. The third-order valence-electron chi connectivity index (χ3n) is 5.40. The summed E-state index contributed by atoms with van der Waals surface area (Å²) < 4.78 is 33.4. The number of hydrogen-bond donors (Lipinski definition) is 0. The number of rotatable bonds is 8. The highest BCUT2D eigenvalue weighted by Gasteiger charge is 2.29. The summed E-state index contributed by atoms with van der Waals surface area (Å²) in [5.74, 6) is -2.94. The van der Waals surface area contributed by atoms with Crippen LogP contribution < -0.4 is 9.70 Å². The molecule has 0 spiro atoms. The predicted molar refractivity (Wildman–Crippen MR) is 133 cm³/mol. The highest BCUT2D eigenvalue weighted by molar-refractivity contribution is 7.92. The van der Waals surface area contributed by atoms with E-state index in [1.165, 1.54) is 16.2 Å². The lowest BCUT2D eigenvalue weighted by atomic mass is 10.2. The highest BCUT2D eigenvalue weighted by atomic mass is 35.5. The van der Waals surface area contributed by atoms with Gasteiger partial charge in [0.1, 0.15) is 11.5 Å². The summed E-state index contributed by atoms with van der Waals surface area (Å²) in [6.45, 7) is 3.72. The molecule has 11 heteroatoms. The van der Waals surface area contributed by atoms with Crippen LogP contribution in [0.1, 0.15) is 12.5 Å². The van der Waals surface area contributed by atoms with Gasteiger partial charge in [-0.25, -0.2) is 8.42 Å². The van der Waals surface area contributed by atoms with Crippen molar-refractivity contribution in [2.24, 2.45) is 4.99 Å². The highest BCUT2D eigenvalue weighted by Crippen LogP contribution is 2.27. The SMILES string of the molecule is CCOCCn1c(=NC(=O)CS(=O)(=O)CC(=O)N2CCc3ccccc32)sc2cc(Cl)ccc21. The van der Waals surface area contributed by atoms with Crippen LogP contribution in [-0.4, -0.2) is 56.1 Å². The quantitative estimate of drug-likeness (QED) is 0.424. The monoisotopic (exact) mass is 521 g/mol. The molecule has 34 heavy (non-hydrogen) atoms. The first-order valence-electron chi connectivity index (χ1n) is 10.8. The molecule has 0 N–H and O–H groups in total. The standard InChI is InChI=1S/C23H24ClN3O5S2/c1-2-32-12-11-27-19-8-7-17(24)13-20(19)33-23(27)25-21(28)14-34(30,31)15-22(29)26-10-9-16-5-3-4-6-18(16)26/h3-8,13H,2,9-12,14-15H2,1H3. The molecule has 0 bridgehead atoms. The summed E-state index contributed by atoms with van der Waals surface area (Å²) >= 11 is 7.34. The van der Waals surface area contributed by atoms with Crippen LogP contribution in [0.25, 0.3) is 10.2 Å². The van der Waals surface area contributed by atoms with E-state index in [1.807, 2.05) is 29.7 Å². The van der Waals surface area contributed by atoms with Crippen molar-refractivity contribution in [3.05, 3.63) is 57.9 Å². The van der Waals surface area contributed by atoms with Gasteiger partial charge in [0, 0.05) is 30.4 Å². The molecule has 0 aliphatic carbocycles. The van der Waals surface area contributed by atoms with Gasteiger partial charge < -0.3 is 14.2 Å². The summed E-state index contributed by atoms with van der Waals surface area (Å²) in [4.78, 5) is 31.2. The second-order valence-corrected chi connectivity index (χ2v) is 11.3. The van der Waals surface area contributed by atoms with Gasteiger partial charge in [-0.15, -0.1) is 0 Å². The van der Waals surface area contributed by atoms with Crippen LogP contribution in [0.5, 0.6) is 0 Å². The summed E-state index contributed by atoms with van der Waals surface area (Å²) in [5.41, 5.74) is 2.55. The van der Waals surface area contributed by atoms with Crippen LogP contribution in [0.2, 0.25) is 5.02 Å². The predicted octanol–water partition coefficient (Wildman–Crippen LogP) is 2.82. The molecule has 0 unspecified atom stereocenters. The molecule has 0 radical (unpaired) electrons. The van der Waals surface area contributed by atoms with Crippen molar-refractivity contribution in [3.63, 3.8) is 0 Å². The number of carbonyl (C=O) groups is 2. The largest absolute Gasteiger partial charge is 0.380 e. The van der Waals surface area contributed by atoms with E-state index in [0.717, 1.165) is 21.5 Å². The number of nitrogens with zero attached hydrogens (tertiary/aromatic N) is 3. The average molecular weight is 522 g/mol. The number of halogens is 1. The zero-order valence-electron chi connectivity index (χ0n) is 18.6. The Morgan fingerprint density at radius 2 is 1.97 bits per heavy atom. The van der Waals surface area contributed by atoms with Crippen molar-refractivity contribution in [3.8, 4) is 0 Å². The molecule has 3 aromatic rings. The lowest BCUT2D eigenvalue weighted by Crippen LogP contribution is -2.36. The average Bonchev–Trinajstić information content (AvgIpc) is 3.34. The Morgan fingerprint density at radius 1 is 1.18 bits per heavy atom. The molecule has 2 aromatic carbocycles. The molecule has 8 nitrogen and oxygen atoms in total. The van der Waals surface area contributed by atoms with Crippen molar-refractivity contribution < 1.29 is 22.7 Å².